The monoisotopic (exact) mass is 324 g/mol. The summed E-state index contributed by atoms with van der Waals surface area (Å²) in [4.78, 5) is 23.1. The van der Waals surface area contributed by atoms with Gasteiger partial charge in [0.25, 0.3) is 5.91 Å². The van der Waals surface area contributed by atoms with Gasteiger partial charge in [-0.3, -0.25) is 9.78 Å². The van der Waals surface area contributed by atoms with Crippen molar-refractivity contribution in [2.24, 2.45) is 7.05 Å². The van der Waals surface area contributed by atoms with E-state index in [2.05, 4.69) is 9.97 Å². The van der Waals surface area contributed by atoms with Gasteiger partial charge < -0.3 is 9.47 Å². The van der Waals surface area contributed by atoms with Gasteiger partial charge in [0, 0.05) is 32.3 Å². The highest BCUT2D eigenvalue weighted by molar-refractivity contribution is 5.94. The van der Waals surface area contributed by atoms with E-state index in [1.165, 1.54) is 12.1 Å². The number of imidazole rings is 1. The van der Waals surface area contributed by atoms with E-state index in [0.29, 0.717) is 13.1 Å². The Hall–Kier alpha value is -2.76. The van der Waals surface area contributed by atoms with E-state index >= 15 is 0 Å². The van der Waals surface area contributed by atoms with Crippen molar-refractivity contribution in [2.45, 2.75) is 12.3 Å². The topological polar surface area (TPSA) is 51.0 Å². The molecule has 6 heteroatoms. The molecule has 4 rings (SSSR count). The van der Waals surface area contributed by atoms with E-state index < -0.39 is 5.82 Å². The van der Waals surface area contributed by atoms with Crippen molar-refractivity contribution in [3.63, 3.8) is 0 Å². The number of carbonyl (C=O) groups excluding carboxylic acids is 1. The molecule has 0 bridgehead atoms. The number of fused-ring (bicyclic) bond motifs is 1. The zero-order chi connectivity index (χ0) is 16.7. The van der Waals surface area contributed by atoms with Crippen LogP contribution < -0.4 is 0 Å². The molecule has 1 saturated heterocycles. The lowest BCUT2D eigenvalue weighted by Crippen LogP contribution is -2.29. The van der Waals surface area contributed by atoms with Crippen LogP contribution in [0, 0.1) is 5.82 Å². The second kappa shape index (κ2) is 5.70. The fourth-order valence-corrected chi connectivity index (χ4v) is 3.38. The standard InChI is InChI=1S/C18H17FN4O/c1-22-16-10-20-8-6-15(16)21-17(22)12-7-9-23(11-12)18(24)13-4-2-3-5-14(13)19/h2-6,8,10,12H,7,9,11H2,1H3. The van der Waals surface area contributed by atoms with Gasteiger partial charge >= 0.3 is 0 Å². The Morgan fingerprint density at radius 1 is 1.29 bits per heavy atom. The lowest BCUT2D eigenvalue weighted by atomic mass is 10.1. The number of nitrogens with zero attached hydrogens (tertiary/aromatic N) is 4. The van der Waals surface area contributed by atoms with Crippen LogP contribution in [-0.2, 0) is 7.05 Å². The van der Waals surface area contributed by atoms with Crippen LogP contribution in [0.15, 0.2) is 42.7 Å². The Labute approximate surface area is 138 Å². The molecule has 3 aromatic rings. The molecule has 1 aliphatic rings. The molecular weight excluding hydrogens is 307 g/mol. The second-order valence-electron chi connectivity index (χ2n) is 6.11. The summed E-state index contributed by atoms with van der Waals surface area (Å²) in [7, 11) is 1.97. The van der Waals surface area contributed by atoms with Gasteiger partial charge in [-0.25, -0.2) is 9.37 Å². The third-order valence-electron chi connectivity index (χ3n) is 4.66. The normalized spacial score (nSPS) is 17.6. The Bertz CT molecular complexity index is 920. The van der Waals surface area contributed by atoms with Gasteiger partial charge in [0.2, 0.25) is 0 Å². The number of carbonyl (C=O) groups is 1. The maximum Gasteiger partial charge on any atom is 0.256 e. The van der Waals surface area contributed by atoms with Crippen molar-refractivity contribution in [1.82, 2.24) is 19.4 Å². The van der Waals surface area contributed by atoms with Crippen molar-refractivity contribution < 1.29 is 9.18 Å². The van der Waals surface area contributed by atoms with Crippen molar-refractivity contribution >= 4 is 16.9 Å². The first-order valence-corrected chi connectivity index (χ1v) is 7.95. The molecule has 0 N–H and O–H groups in total. The SMILES string of the molecule is Cn1c(C2CCN(C(=O)c3ccccc3F)C2)nc2ccncc21. The predicted molar refractivity (Wildman–Crippen MR) is 88.2 cm³/mol. The molecule has 0 aliphatic carbocycles. The van der Waals surface area contributed by atoms with E-state index in [1.54, 1.807) is 29.4 Å². The number of hydrogen-bond donors (Lipinski definition) is 0. The molecule has 0 spiro atoms. The van der Waals surface area contributed by atoms with Crippen LogP contribution >= 0.6 is 0 Å². The summed E-state index contributed by atoms with van der Waals surface area (Å²) in [5.74, 6) is 0.371. The smallest absolute Gasteiger partial charge is 0.256 e. The fraction of sp³-hybridized carbons (Fsp3) is 0.278. The fourth-order valence-electron chi connectivity index (χ4n) is 3.38. The van der Waals surface area contributed by atoms with Crippen LogP contribution in [0.5, 0.6) is 0 Å². The maximum absolute atomic E-state index is 13.8. The van der Waals surface area contributed by atoms with E-state index in [1.807, 2.05) is 17.7 Å². The first-order chi connectivity index (χ1) is 11.6. The van der Waals surface area contributed by atoms with E-state index in [0.717, 1.165) is 23.3 Å². The number of likely N-dealkylation sites (tertiary alicyclic amines) is 1. The molecule has 24 heavy (non-hydrogen) atoms. The summed E-state index contributed by atoms with van der Waals surface area (Å²) >= 11 is 0. The Balaban J connectivity index is 1.59. The summed E-state index contributed by atoms with van der Waals surface area (Å²) in [5.41, 5.74) is 2.01. The largest absolute Gasteiger partial charge is 0.338 e. The zero-order valence-electron chi connectivity index (χ0n) is 13.3. The number of benzene rings is 1. The molecule has 2 aromatic heterocycles. The highest BCUT2D eigenvalue weighted by atomic mass is 19.1. The number of hydrogen-bond acceptors (Lipinski definition) is 3. The second-order valence-corrected chi connectivity index (χ2v) is 6.11. The number of halogens is 1. The lowest BCUT2D eigenvalue weighted by molar-refractivity contribution is 0.0786. The molecule has 3 heterocycles. The first-order valence-electron chi connectivity index (χ1n) is 7.95. The first kappa shape index (κ1) is 14.8. The average Bonchev–Trinajstić information content (AvgIpc) is 3.20. The molecule has 0 saturated carbocycles. The molecule has 122 valence electrons. The predicted octanol–water partition coefficient (Wildman–Crippen LogP) is 2.74. The Morgan fingerprint density at radius 3 is 2.92 bits per heavy atom. The van der Waals surface area contributed by atoms with Crippen LogP contribution in [0.1, 0.15) is 28.5 Å². The van der Waals surface area contributed by atoms with Gasteiger partial charge in [0.1, 0.15) is 11.6 Å². The van der Waals surface area contributed by atoms with Crippen LogP contribution in [0.3, 0.4) is 0 Å². The molecule has 1 amide bonds. The molecule has 5 nitrogen and oxygen atoms in total. The third kappa shape index (κ3) is 2.35. The number of aromatic nitrogens is 3. The van der Waals surface area contributed by atoms with Crippen molar-refractivity contribution in [2.75, 3.05) is 13.1 Å². The number of pyridine rings is 1. The zero-order valence-corrected chi connectivity index (χ0v) is 13.3. The van der Waals surface area contributed by atoms with Gasteiger partial charge in [-0.1, -0.05) is 12.1 Å². The lowest BCUT2D eigenvalue weighted by Gasteiger charge is -2.17. The summed E-state index contributed by atoms with van der Waals surface area (Å²) in [6.45, 7) is 1.16. The van der Waals surface area contributed by atoms with Gasteiger partial charge in [-0.05, 0) is 24.6 Å². The Kier molecular flexibility index (Phi) is 3.52. The number of aryl methyl sites for hydroxylation is 1. The molecular formula is C18H17FN4O. The van der Waals surface area contributed by atoms with E-state index in [-0.39, 0.29) is 17.4 Å². The van der Waals surface area contributed by atoms with Crippen molar-refractivity contribution in [1.29, 1.82) is 0 Å². The van der Waals surface area contributed by atoms with Gasteiger partial charge in [-0.15, -0.1) is 0 Å². The minimum Gasteiger partial charge on any atom is -0.338 e. The quantitative estimate of drug-likeness (QED) is 0.728. The summed E-state index contributed by atoms with van der Waals surface area (Å²) in [6.07, 6.45) is 4.34. The molecule has 1 atom stereocenters. The van der Waals surface area contributed by atoms with E-state index in [4.69, 9.17) is 0 Å². The highest BCUT2D eigenvalue weighted by Gasteiger charge is 2.31. The molecule has 1 fully saturated rings. The maximum atomic E-state index is 13.8. The van der Waals surface area contributed by atoms with Crippen LogP contribution in [0.2, 0.25) is 0 Å². The average molecular weight is 324 g/mol. The van der Waals surface area contributed by atoms with E-state index in [9.17, 15) is 9.18 Å². The van der Waals surface area contributed by atoms with Crippen molar-refractivity contribution in [3.8, 4) is 0 Å². The third-order valence-corrected chi connectivity index (χ3v) is 4.66. The van der Waals surface area contributed by atoms with Gasteiger partial charge in [-0.2, -0.15) is 0 Å². The summed E-state index contributed by atoms with van der Waals surface area (Å²) in [6, 6.07) is 8.01. The highest BCUT2D eigenvalue weighted by Crippen LogP contribution is 2.29. The summed E-state index contributed by atoms with van der Waals surface area (Å²) < 4.78 is 15.9. The number of amides is 1. The van der Waals surface area contributed by atoms with Gasteiger partial charge in [0.05, 0.1) is 22.8 Å². The summed E-state index contributed by atoms with van der Waals surface area (Å²) in [5, 5.41) is 0. The van der Waals surface area contributed by atoms with Gasteiger partial charge in [0.15, 0.2) is 0 Å². The molecule has 0 radical (unpaired) electrons. The Morgan fingerprint density at radius 2 is 2.12 bits per heavy atom. The molecule has 1 unspecified atom stereocenters. The minimum absolute atomic E-state index is 0.132. The van der Waals surface area contributed by atoms with Crippen LogP contribution in [-0.4, -0.2) is 38.4 Å². The van der Waals surface area contributed by atoms with Crippen molar-refractivity contribution in [3.05, 3.63) is 59.9 Å². The minimum atomic E-state index is -0.472. The number of rotatable bonds is 2. The van der Waals surface area contributed by atoms with Crippen LogP contribution in [0.25, 0.3) is 11.0 Å². The van der Waals surface area contributed by atoms with Crippen LogP contribution in [0.4, 0.5) is 4.39 Å². The molecule has 1 aromatic carbocycles. The molecule has 1 aliphatic heterocycles.